The minimum absolute atomic E-state index is 0.158. The molecule has 0 radical (unpaired) electrons. The van der Waals surface area contributed by atoms with E-state index in [9.17, 15) is 4.79 Å². The summed E-state index contributed by atoms with van der Waals surface area (Å²) in [5.41, 5.74) is 8.41. The third-order valence-corrected chi connectivity index (χ3v) is 3.31. The van der Waals surface area contributed by atoms with Crippen LogP contribution in [0, 0.1) is 0 Å². The van der Waals surface area contributed by atoms with Crippen LogP contribution in [0.4, 0.5) is 5.69 Å². The molecule has 0 bridgehead atoms. The largest absolute Gasteiger partial charge is 0.397 e. The van der Waals surface area contributed by atoms with E-state index in [-0.39, 0.29) is 5.56 Å². The van der Waals surface area contributed by atoms with Gasteiger partial charge >= 0.3 is 0 Å². The molecule has 0 saturated carbocycles. The number of nitrogens with one attached hydrogen (secondary N) is 2. The van der Waals surface area contributed by atoms with Crippen molar-refractivity contribution in [3.8, 4) is 0 Å². The highest BCUT2D eigenvalue weighted by molar-refractivity contribution is 6.18. The van der Waals surface area contributed by atoms with E-state index in [0.717, 1.165) is 21.7 Å². The zero-order valence-electron chi connectivity index (χ0n) is 9.77. The van der Waals surface area contributed by atoms with Gasteiger partial charge in [0, 0.05) is 23.2 Å². The van der Waals surface area contributed by atoms with Gasteiger partial charge in [-0.05, 0) is 6.07 Å². The Bertz CT molecular complexity index is 998. The van der Waals surface area contributed by atoms with Gasteiger partial charge < -0.3 is 15.7 Å². The first-order chi connectivity index (χ1) is 9.25. The van der Waals surface area contributed by atoms with Crippen LogP contribution in [0.2, 0.25) is 0 Å². The normalized spacial score (nSPS) is 11.6. The molecule has 6 nitrogen and oxygen atoms in total. The van der Waals surface area contributed by atoms with Crippen molar-refractivity contribution in [2.45, 2.75) is 0 Å². The molecule has 4 heterocycles. The number of fused-ring (bicyclic) bond motifs is 5. The first kappa shape index (κ1) is 10.1. The lowest BCUT2D eigenvalue weighted by molar-refractivity contribution is 1.26. The van der Waals surface area contributed by atoms with E-state index in [1.165, 1.54) is 0 Å². The fraction of sp³-hybridized carbons (Fsp3) is 0. The van der Waals surface area contributed by atoms with Crippen molar-refractivity contribution >= 4 is 38.4 Å². The van der Waals surface area contributed by atoms with Crippen LogP contribution in [0.5, 0.6) is 0 Å². The molecule has 0 aliphatic heterocycles. The summed E-state index contributed by atoms with van der Waals surface area (Å²) in [5, 5.41) is 2.51. The summed E-state index contributed by atoms with van der Waals surface area (Å²) in [7, 11) is 0. The molecule has 6 heteroatoms. The number of aromatic amines is 2. The number of anilines is 1. The first-order valence-corrected chi connectivity index (χ1v) is 5.77. The predicted molar refractivity (Wildman–Crippen MR) is 73.9 cm³/mol. The Labute approximate surface area is 106 Å². The smallest absolute Gasteiger partial charge is 0.272 e. The maximum Gasteiger partial charge on any atom is 0.272 e. The van der Waals surface area contributed by atoms with Gasteiger partial charge in [-0.3, -0.25) is 14.8 Å². The van der Waals surface area contributed by atoms with Crippen LogP contribution < -0.4 is 11.3 Å². The summed E-state index contributed by atoms with van der Waals surface area (Å²) in [6, 6.07) is 1.85. The number of nitrogen functional groups attached to an aromatic ring is 1. The van der Waals surface area contributed by atoms with E-state index >= 15 is 0 Å². The van der Waals surface area contributed by atoms with Crippen LogP contribution in [0.15, 0.2) is 35.6 Å². The van der Waals surface area contributed by atoms with E-state index in [0.29, 0.717) is 16.7 Å². The lowest BCUT2D eigenvalue weighted by atomic mass is 10.1. The van der Waals surface area contributed by atoms with Crippen molar-refractivity contribution in [2.24, 2.45) is 0 Å². The number of nitrogens with two attached hydrogens (primary N) is 1. The van der Waals surface area contributed by atoms with E-state index in [2.05, 4.69) is 19.9 Å². The number of aromatic nitrogens is 4. The fourth-order valence-electron chi connectivity index (χ4n) is 2.45. The molecule has 0 atom stereocenters. The van der Waals surface area contributed by atoms with Crippen LogP contribution in [-0.2, 0) is 0 Å². The van der Waals surface area contributed by atoms with Crippen LogP contribution >= 0.6 is 0 Å². The third-order valence-electron chi connectivity index (χ3n) is 3.31. The fourth-order valence-corrected chi connectivity index (χ4v) is 2.45. The number of pyridine rings is 3. The van der Waals surface area contributed by atoms with E-state index in [1.807, 2.05) is 6.07 Å². The molecule has 0 aromatic carbocycles. The summed E-state index contributed by atoms with van der Waals surface area (Å²) in [5.74, 6) is 0. The Hall–Kier alpha value is -2.89. The minimum atomic E-state index is -0.158. The molecule has 4 rings (SSSR count). The highest BCUT2D eigenvalue weighted by Crippen LogP contribution is 2.30. The average molecular weight is 251 g/mol. The summed E-state index contributed by atoms with van der Waals surface area (Å²) in [6.45, 7) is 0. The van der Waals surface area contributed by atoms with E-state index in [1.54, 1.807) is 24.8 Å². The Morgan fingerprint density at radius 1 is 1.11 bits per heavy atom. The Kier molecular flexibility index (Phi) is 1.76. The van der Waals surface area contributed by atoms with Gasteiger partial charge in [-0.2, -0.15) is 0 Å². The lowest BCUT2D eigenvalue weighted by Crippen LogP contribution is -2.03. The molecule has 0 fully saturated rings. The molecular weight excluding hydrogens is 242 g/mol. The van der Waals surface area contributed by atoms with Gasteiger partial charge in [0.15, 0.2) is 0 Å². The molecule has 19 heavy (non-hydrogen) atoms. The summed E-state index contributed by atoms with van der Waals surface area (Å²) >= 11 is 0. The highest BCUT2D eigenvalue weighted by Gasteiger charge is 2.12. The van der Waals surface area contributed by atoms with Gasteiger partial charge in [-0.25, -0.2) is 0 Å². The standard InChI is InChI=1S/C13H9N5O/c14-8-4-15-5-9-10(8)11-7(3-17-9)6-1-2-16-13(19)12(6)18-11/h1-5,18H,14H2,(H,16,19). The molecule has 0 amide bonds. The number of hydrogen-bond acceptors (Lipinski definition) is 4. The van der Waals surface area contributed by atoms with Gasteiger partial charge in [0.25, 0.3) is 5.56 Å². The second kappa shape index (κ2) is 3.32. The van der Waals surface area contributed by atoms with Crippen LogP contribution in [0.1, 0.15) is 0 Å². The lowest BCUT2D eigenvalue weighted by Gasteiger charge is -2.01. The monoisotopic (exact) mass is 251 g/mol. The molecular formula is C13H9N5O. The number of rotatable bonds is 0. The van der Waals surface area contributed by atoms with Crippen LogP contribution in [-0.4, -0.2) is 19.9 Å². The van der Waals surface area contributed by atoms with Crippen molar-refractivity contribution in [3.05, 3.63) is 41.2 Å². The maximum atomic E-state index is 11.8. The second-order valence-corrected chi connectivity index (χ2v) is 4.39. The minimum Gasteiger partial charge on any atom is -0.397 e. The zero-order chi connectivity index (χ0) is 13.0. The van der Waals surface area contributed by atoms with E-state index in [4.69, 9.17) is 5.73 Å². The molecule has 0 spiro atoms. The molecule has 92 valence electrons. The van der Waals surface area contributed by atoms with Crippen molar-refractivity contribution in [1.29, 1.82) is 0 Å². The van der Waals surface area contributed by atoms with Crippen LogP contribution in [0.3, 0.4) is 0 Å². The van der Waals surface area contributed by atoms with Crippen LogP contribution in [0.25, 0.3) is 32.7 Å². The molecule has 0 aliphatic carbocycles. The highest BCUT2D eigenvalue weighted by atomic mass is 16.1. The molecule has 0 saturated heterocycles. The van der Waals surface area contributed by atoms with Gasteiger partial charge in [-0.1, -0.05) is 0 Å². The Morgan fingerprint density at radius 3 is 2.89 bits per heavy atom. The predicted octanol–water partition coefficient (Wildman–Crippen LogP) is 1.53. The molecule has 4 N–H and O–H groups in total. The summed E-state index contributed by atoms with van der Waals surface area (Å²) < 4.78 is 0. The van der Waals surface area contributed by atoms with E-state index < -0.39 is 0 Å². The average Bonchev–Trinajstić information content (AvgIpc) is 2.79. The summed E-state index contributed by atoms with van der Waals surface area (Å²) in [4.78, 5) is 26.0. The molecule has 4 aromatic heterocycles. The number of nitrogens with zero attached hydrogens (tertiary/aromatic N) is 2. The molecule has 0 unspecified atom stereocenters. The molecule has 0 aliphatic rings. The SMILES string of the molecule is Nc1cncc2ncc3c4cc[nH]c(=O)c4[nH]c3c12. The van der Waals surface area contributed by atoms with Gasteiger partial charge in [0.05, 0.1) is 34.5 Å². The van der Waals surface area contributed by atoms with Gasteiger partial charge in [-0.15, -0.1) is 0 Å². The number of H-pyrrole nitrogens is 2. The zero-order valence-corrected chi connectivity index (χ0v) is 9.77. The van der Waals surface area contributed by atoms with Crippen molar-refractivity contribution in [3.63, 3.8) is 0 Å². The third kappa shape index (κ3) is 1.22. The maximum absolute atomic E-state index is 11.8. The quantitative estimate of drug-likeness (QED) is 0.441. The van der Waals surface area contributed by atoms with Crippen molar-refractivity contribution < 1.29 is 0 Å². The van der Waals surface area contributed by atoms with Gasteiger partial charge in [0.2, 0.25) is 0 Å². The summed E-state index contributed by atoms with van der Waals surface area (Å²) in [6.07, 6.45) is 6.59. The van der Waals surface area contributed by atoms with Gasteiger partial charge in [0.1, 0.15) is 5.52 Å². The number of hydrogen-bond donors (Lipinski definition) is 3. The first-order valence-electron chi connectivity index (χ1n) is 5.77. The molecule has 4 aromatic rings. The topological polar surface area (TPSA) is 100 Å². The van der Waals surface area contributed by atoms with Crippen molar-refractivity contribution in [2.75, 3.05) is 5.73 Å². The van der Waals surface area contributed by atoms with Crippen molar-refractivity contribution in [1.82, 2.24) is 19.9 Å². The Morgan fingerprint density at radius 2 is 2.00 bits per heavy atom. The Balaban J connectivity index is 2.38. The second-order valence-electron chi connectivity index (χ2n) is 4.39.